The lowest BCUT2D eigenvalue weighted by atomic mass is 9.94. The number of hydrogen-bond acceptors (Lipinski definition) is 4. The topological polar surface area (TPSA) is 54.7 Å². The van der Waals surface area contributed by atoms with Crippen molar-refractivity contribution in [2.45, 2.75) is 45.7 Å². The maximum atomic E-state index is 13.2. The summed E-state index contributed by atoms with van der Waals surface area (Å²) in [6.45, 7) is 6.26. The lowest BCUT2D eigenvalue weighted by Gasteiger charge is -2.35. The standard InChI is InChI=1S/C21H28N2O3/c1-4-23-15(2)14-18(24)19(21(23)25)20(22-12-6-5-7-13-22)16-8-10-17(26-3)11-9-16/h8-11,14,20,24H,4-7,12-13H2,1-3H3. The Labute approximate surface area is 154 Å². The van der Waals surface area contributed by atoms with E-state index >= 15 is 0 Å². The minimum absolute atomic E-state index is 0.0867. The molecule has 1 unspecified atom stereocenters. The number of rotatable bonds is 5. The van der Waals surface area contributed by atoms with Crippen molar-refractivity contribution in [2.75, 3.05) is 20.2 Å². The van der Waals surface area contributed by atoms with E-state index in [4.69, 9.17) is 4.74 Å². The zero-order valence-electron chi connectivity index (χ0n) is 15.9. The summed E-state index contributed by atoms with van der Waals surface area (Å²) in [6, 6.07) is 9.28. The van der Waals surface area contributed by atoms with Crippen LogP contribution in [0.25, 0.3) is 0 Å². The first-order chi connectivity index (χ1) is 12.6. The Morgan fingerprint density at radius 3 is 2.38 bits per heavy atom. The average molecular weight is 356 g/mol. The van der Waals surface area contributed by atoms with Crippen molar-refractivity contribution in [1.29, 1.82) is 0 Å². The summed E-state index contributed by atoms with van der Waals surface area (Å²) >= 11 is 0. The molecule has 0 bridgehead atoms. The van der Waals surface area contributed by atoms with Crippen molar-refractivity contribution >= 4 is 0 Å². The van der Waals surface area contributed by atoms with Crippen LogP contribution in [0.5, 0.6) is 11.5 Å². The van der Waals surface area contributed by atoms with E-state index in [-0.39, 0.29) is 17.4 Å². The molecule has 3 rings (SSSR count). The van der Waals surface area contributed by atoms with E-state index in [0.717, 1.165) is 42.9 Å². The summed E-state index contributed by atoms with van der Waals surface area (Å²) in [5, 5.41) is 10.7. The van der Waals surface area contributed by atoms with Crippen molar-refractivity contribution < 1.29 is 9.84 Å². The number of aryl methyl sites for hydroxylation is 1. The third-order valence-electron chi connectivity index (χ3n) is 5.30. The number of nitrogens with zero attached hydrogens (tertiary/aromatic N) is 2. The molecule has 1 aromatic heterocycles. The van der Waals surface area contributed by atoms with E-state index in [9.17, 15) is 9.90 Å². The van der Waals surface area contributed by atoms with Crippen molar-refractivity contribution in [1.82, 2.24) is 9.47 Å². The van der Waals surface area contributed by atoms with Gasteiger partial charge in [0.2, 0.25) is 0 Å². The van der Waals surface area contributed by atoms with Gasteiger partial charge in [0.25, 0.3) is 5.56 Å². The quantitative estimate of drug-likeness (QED) is 0.891. The van der Waals surface area contributed by atoms with E-state index in [2.05, 4.69) is 4.90 Å². The molecule has 0 spiro atoms. The van der Waals surface area contributed by atoms with Crippen molar-refractivity contribution in [3.8, 4) is 11.5 Å². The Morgan fingerprint density at radius 2 is 1.81 bits per heavy atom. The number of benzene rings is 1. The van der Waals surface area contributed by atoms with Crippen molar-refractivity contribution in [3.05, 3.63) is 57.5 Å². The molecular formula is C21H28N2O3. The van der Waals surface area contributed by atoms with Gasteiger partial charge in [-0.2, -0.15) is 0 Å². The summed E-state index contributed by atoms with van der Waals surface area (Å²) < 4.78 is 7.00. The molecule has 5 nitrogen and oxygen atoms in total. The molecule has 1 atom stereocenters. The van der Waals surface area contributed by atoms with E-state index in [1.165, 1.54) is 6.42 Å². The predicted octanol–water partition coefficient (Wildman–Crippen LogP) is 3.47. The van der Waals surface area contributed by atoms with Crippen LogP contribution in [0.4, 0.5) is 0 Å². The average Bonchev–Trinajstić information content (AvgIpc) is 2.66. The minimum atomic E-state index is -0.243. The first-order valence-electron chi connectivity index (χ1n) is 9.38. The number of pyridine rings is 1. The van der Waals surface area contributed by atoms with Gasteiger partial charge in [-0.05, 0) is 63.5 Å². The number of ether oxygens (including phenoxy) is 1. The molecule has 0 saturated carbocycles. The molecule has 1 aliphatic rings. The first kappa shape index (κ1) is 18.5. The highest BCUT2D eigenvalue weighted by Gasteiger charge is 2.29. The van der Waals surface area contributed by atoms with Crippen LogP contribution in [0, 0.1) is 6.92 Å². The maximum absolute atomic E-state index is 13.2. The second-order valence-electron chi connectivity index (χ2n) is 6.91. The summed E-state index contributed by atoms with van der Waals surface area (Å²) in [5.74, 6) is 0.869. The molecule has 26 heavy (non-hydrogen) atoms. The molecule has 1 aromatic carbocycles. The molecular weight excluding hydrogens is 328 g/mol. The van der Waals surface area contributed by atoms with Crippen LogP contribution in [-0.2, 0) is 6.54 Å². The fourth-order valence-corrected chi connectivity index (χ4v) is 3.94. The van der Waals surface area contributed by atoms with Gasteiger partial charge in [-0.1, -0.05) is 18.6 Å². The van der Waals surface area contributed by atoms with Gasteiger partial charge in [0, 0.05) is 12.2 Å². The summed E-state index contributed by atoms with van der Waals surface area (Å²) in [5.41, 5.74) is 2.17. The van der Waals surface area contributed by atoms with E-state index in [1.807, 2.05) is 38.1 Å². The lowest BCUT2D eigenvalue weighted by molar-refractivity contribution is 0.183. The van der Waals surface area contributed by atoms with Gasteiger partial charge in [-0.25, -0.2) is 0 Å². The fraction of sp³-hybridized carbons (Fsp3) is 0.476. The minimum Gasteiger partial charge on any atom is -0.507 e. The molecule has 1 N–H and O–H groups in total. The van der Waals surface area contributed by atoms with Crippen LogP contribution in [0.15, 0.2) is 35.1 Å². The molecule has 0 aliphatic carbocycles. The first-order valence-corrected chi connectivity index (χ1v) is 9.38. The second kappa shape index (κ2) is 7.96. The molecule has 1 aliphatic heterocycles. The Morgan fingerprint density at radius 1 is 1.15 bits per heavy atom. The van der Waals surface area contributed by atoms with Gasteiger partial charge in [-0.15, -0.1) is 0 Å². The van der Waals surface area contributed by atoms with Crippen LogP contribution < -0.4 is 10.3 Å². The number of likely N-dealkylation sites (tertiary alicyclic amines) is 1. The third kappa shape index (κ3) is 3.49. The lowest BCUT2D eigenvalue weighted by Crippen LogP contribution is -2.38. The summed E-state index contributed by atoms with van der Waals surface area (Å²) in [4.78, 5) is 15.5. The smallest absolute Gasteiger partial charge is 0.259 e. The molecule has 1 saturated heterocycles. The van der Waals surface area contributed by atoms with Crippen LogP contribution in [0.2, 0.25) is 0 Å². The highest BCUT2D eigenvalue weighted by atomic mass is 16.5. The molecule has 0 amide bonds. The molecule has 2 aromatic rings. The van der Waals surface area contributed by atoms with Crippen LogP contribution >= 0.6 is 0 Å². The van der Waals surface area contributed by atoms with E-state index < -0.39 is 0 Å². The van der Waals surface area contributed by atoms with Gasteiger partial charge in [0.15, 0.2) is 0 Å². The number of methoxy groups -OCH3 is 1. The van der Waals surface area contributed by atoms with Gasteiger partial charge in [0.1, 0.15) is 11.5 Å². The highest BCUT2D eigenvalue weighted by Crippen LogP contribution is 2.34. The van der Waals surface area contributed by atoms with E-state index in [1.54, 1.807) is 17.7 Å². The maximum Gasteiger partial charge on any atom is 0.259 e. The second-order valence-corrected chi connectivity index (χ2v) is 6.91. The molecule has 0 radical (unpaired) electrons. The van der Waals surface area contributed by atoms with Gasteiger partial charge in [-0.3, -0.25) is 9.69 Å². The normalized spacial score (nSPS) is 16.4. The Bertz CT molecular complexity index is 805. The largest absolute Gasteiger partial charge is 0.507 e. The summed E-state index contributed by atoms with van der Waals surface area (Å²) in [6.07, 6.45) is 3.44. The van der Waals surface area contributed by atoms with Gasteiger partial charge < -0.3 is 14.4 Å². The summed E-state index contributed by atoms with van der Waals surface area (Å²) in [7, 11) is 1.64. The Balaban J connectivity index is 2.16. The zero-order valence-corrected chi connectivity index (χ0v) is 15.9. The highest BCUT2D eigenvalue weighted by molar-refractivity contribution is 5.42. The fourth-order valence-electron chi connectivity index (χ4n) is 3.94. The molecule has 2 heterocycles. The Hall–Kier alpha value is -2.27. The van der Waals surface area contributed by atoms with Crippen molar-refractivity contribution in [3.63, 3.8) is 0 Å². The number of aromatic hydroxyl groups is 1. The zero-order chi connectivity index (χ0) is 18.7. The number of aromatic nitrogens is 1. The monoisotopic (exact) mass is 356 g/mol. The molecule has 5 heteroatoms. The van der Waals surface area contributed by atoms with Gasteiger partial charge in [0.05, 0.1) is 18.7 Å². The van der Waals surface area contributed by atoms with Crippen LogP contribution in [0.1, 0.15) is 49.0 Å². The molecule has 1 fully saturated rings. The van der Waals surface area contributed by atoms with Crippen LogP contribution in [-0.4, -0.2) is 34.8 Å². The molecule has 140 valence electrons. The van der Waals surface area contributed by atoms with Crippen LogP contribution in [0.3, 0.4) is 0 Å². The van der Waals surface area contributed by atoms with Gasteiger partial charge >= 0.3 is 0 Å². The van der Waals surface area contributed by atoms with Crippen molar-refractivity contribution in [2.24, 2.45) is 0 Å². The predicted molar refractivity (Wildman–Crippen MR) is 103 cm³/mol. The SMILES string of the molecule is CCn1c(C)cc(O)c(C(c2ccc(OC)cc2)N2CCCCC2)c1=O. The van der Waals surface area contributed by atoms with E-state index in [0.29, 0.717) is 12.1 Å². The Kier molecular flexibility index (Phi) is 5.67. The number of hydrogen-bond donors (Lipinski definition) is 1. The number of piperidine rings is 1. The third-order valence-corrected chi connectivity index (χ3v) is 5.30.